The van der Waals surface area contributed by atoms with Crippen LogP contribution in [0.25, 0.3) is 0 Å². The van der Waals surface area contributed by atoms with Crippen molar-refractivity contribution in [2.45, 2.75) is 19.0 Å². The Kier molecular flexibility index (Phi) is 2.85. The minimum absolute atomic E-state index is 0.114. The maximum absolute atomic E-state index is 12.7. The Hall–Kier alpha value is -2.82. The van der Waals surface area contributed by atoms with Crippen LogP contribution in [0.1, 0.15) is 23.2 Å². The van der Waals surface area contributed by atoms with Crippen molar-refractivity contribution in [2.24, 2.45) is 0 Å². The highest BCUT2D eigenvalue weighted by molar-refractivity contribution is 6.04. The topological polar surface area (TPSA) is 52.7 Å². The fraction of sp³-hybridized carbons (Fsp3) is 0.176. The molecule has 1 atom stereocenters. The molecule has 110 valence electrons. The first-order valence-electron chi connectivity index (χ1n) is 7.32. The monoisotopic (exact) mass is 293 g/mol. The Morgan fingerprint density at radius 2 is 1.68 bits per heavy atom. The number of nitrogens with zero attached hydrogens (tertiary/aromatic N) is 2. The summed E-state index contributed by atoms with van der Waals surface area (Å²) in [6.07, 6.45) is 0.836. The van der Waals surface area contributed by atoms with Gasteiger partial charge in [-0.3, -0.25) is 15.0 Å². The Bertz CT molecular complexity index is 745. The van der Waals surface area contributed by atoms with E-state index in [0.717, 1.165) is 11.4 Å². The lowest BCUT2D eigenvalue weighted by atomic mass is 10.0. The molecule has 0 saturated carbocycles. The zero-order chi connectivity index (χ0) is 15.1. The van der Waals surface area contributed by atoms with E-state index in [-0.39, 0.29) is 18.0 Å². The summed E-state index contributed by atoms with van der Waals surface area (Å²) in [6, 6.07) is 17.5. The van der Waals surface area contributed by atoms with Crippen LogP contribution in [0.5, 0.6) is 0 Å². The first kappa shape index (κ1) is 12.9. The highest BCUT2D eigenvalue weighted by Crippen LogP contribution is 2.38. The molecule has 2 aliphatic rings. The molecule has 2 heterocycles. The predicted octanol–water partition coefficient (Wildman–Crippen LogP) is 2.43. The van der Waals surface area contributed by atoms with Crippen LogP contribution in [0.3, 0.4) is 0 Å². The maximum atomic E-state index is 12.7. The molecular weight excluding hydrogens is 278 g/mol. The number of amides is 2. The molecule has 1 unspecified atom stereocenters. The van der Waals surface area contributed by atoms with E-state index in [1.54, 1.807) is 6.07 Å². The summed E-state index contributed by atoms with van der Waals surface area (Å²) in [4.78, 5) is 26.5. The molecule has 1 N–H and O–H groups in total. The summed E-state index contributed by atoms with van der Waals surface area (Å²) in [7, 11) is 0. The summed E-state index contributed by atoms with van der Waals surface area (Å²) in [5.74, 6) is -0.266. The number of hydrogen-bond donors (Lipinski definition) is 1. The molecule has 2 aliphatic heterocycles. The molecule has 0 aromatic heterocycles. The molecule has 2 amide bonds. The second-order valence-electron chi connectivity index (χ2n) is 5.45. The second kappa shape index (κ2) is 4.87. The van der Waals surface area contributed by atoms with E-state index in [0.29, 0.717) is 18.4 Å². The van der Waals surface area contributed by atoms with Gasteiger partial charge in [-0.25, -0.2) is 5.01 Å². The molecule has 5 nitrogen and oxygen atoms in total. The molecule has 0 bridgehead atoms. The molecule has 5 heteroatoms. The number of nitrogens with one attached hydrogen (secondary N) is 1. The van der Waals surface area contributed by atoms with Crippen LogP contribution in [-0.2, 0) is 4.79 Å². The SMILES string of the molecule is O=C1CCC2N(N1)C(=O)c1ccccc1N2c1ccccc1. The summed E-state index contributed by atoms with van der Waals surface area (Å²) in [5, 5.41) is 1.46. The summed E-state index contributed by atoms with van der Waals surface area (Å²) in [6.45, 7) is 0. The van der Waals surface area contributed by atoms with E-state index in [4.69, 9.17) is 0 Å². The van der Waals surface area contributed by atoms with Crippen LogP contribution >= 0.6 is 0 Å². The van der Waals surface area contributed by atoms with Crippen molar-refractivity contribution >= 4 is 23.2 Å². The van der Waals surface area contributed by atoms with E-state index >= 15 is 0 Å². The molecular formula is C17H15N3O2. The average Bonchev–Trinajstić information content (AvgIpc) is 2.57. The number of anilines is 2. The van der Waals surface area contributed by atoms with E-state index < -0.39 is 0 Å². The van der Waals surface area contributed by atoms with Gasteiger partial charge in [0, 0.05) is 12.1 Å². The molecule has 2 aromatic carbocycles. The van der Waals surface area contributed by atoms with Crippen molar-refractivity contribution in [1.29, 1.82) is 0 Å². The molecule has 0 spiro atoms. The summed E-state index contributed by atoms with van der Waals surface area (Å²) >= 11 is 0. The second-order valence-corrected chi connectivity index (χ2v) is 5.45. The molecule has 22 heavy (non-hydrogen) atoms. The van der Waals surface area contributed by atoms with Gasteiger partial charge in [0.1, 0.15) is 6.17 Å². The van der Waals surface area contributed by atoms with Gasteiger partial charge in [0.05, 0.1) is 11.3 Å². The lowest BCUT2D eigenvalue weighted by Crippen LogP contribution is -2.63. The molecule has 0 radical (unpaired) electrons. The standard InChI is InChI=1S/C17H15N3O2/c21-15-10-11-16-19(12-6-2-1-3-7-12)14-9-5-4-8-13(14)17(22)20(16)18-15/h1-9,16H,10-11H2,(H,18,21). The van der Waals surface area contributed by atoms with Gasteiger partial charge in [0.15, 0.2) is 0 Å². The average molecular weight is 293 g/mol. The highest BCUT2D eigenvalue weighted by Gasteiger charge is 2.41. The van der Waals surface area contributed by atoms with E-state index in [1.807, 2.05) is 48.5 Å². The molecule has 1 fully saturated rings. The molecule has 4 rings (SSSR count). The van der Waals surface area contributed by atoms with Crippen LogP contribution in [0.4, 0.5) is 11.4 Å². The van der Waals surface area contributed by atoms with Crippen molar-refractivity contribution in [3.63, 3.8) is 0 Å². The lowest BCUT2D eigenvalue weighted by molar-refractivity contribution is -0.129. The number of para-hydroxylation sites is 2. The Balaban J connectivity index is 1.89. The van der Waals surface area contributed by atoms with Crippen molar-refractivity contribution in [3.05, 3.63) is 60.2 Å². The smallest absolute Gasteiger partial charge is 0.276 e. The zero-order valence-electron chi connectivity index (χ0n) is 11.9. The fourth-order valence-corrected chi connectivity index (χ4v) is 3.14. The normalized spacial score (nSPS) is 20.3. The number of benzene rings is 2. The Morgan fingerprint density at radius 1 is 0.955 bits per heavy atom. The van der Waals surface area contributed by atoms with Crippen molar-refractivity contribution < 1.29 is 9.59 Å². The van der Waals surface area contributed by atoms with Gasteiger partial charge in [0.2, 0.25) is 5.91 Å². The molecule has 1 saturated heterocycles. The Labute approximate surface area is 128 Å². The van der Waals surface area contributed by atoms with Gasteiger partial charge in [-0.05, 0) is 30.7 Å². The predicted molar refractivity (Wildman–Crippen MR) is 82.4 cm³/mol. The molecule has 2 aromatic rings. The van der Waals surface area contributed by atoms with Crippen LogP contribution in [0, 0.1) is 0 Å². The van der Waals surface area contributed by atoms with E-state index in [1.165, 1.54) is 5.01 Å². The van der Waals surface area contributed by atoms with Gasteiger partial charge < -0.3 is 4.90 Å². The first-order chi connectivity index (χ1) is 10.8. The van der Waals surface area contributed by atoms with Crippen LogP contribution in [0.15, 0.2) is 54.6 Å². The van der Waals surface area contributed by atoms with Gasteiger partial charge in [-0.2, -0.15) is 0 Å². The Morgan fingerprint density at radius 3 is 2.50 bits per heavy atom. The third kappa shape index (κ3) is 1.86. The van der Waals surface area contributed by atoms with E-state index in [2.05, 4.69) is 10.3 Å². The van der Waals surface area contributed by atoms with Crippen LogP contribution < -0.4 is 10.3 Å². The minimum Gasteiger partial charge on any atom is -0.318 e. The number of carbonyl (C=O) groups excluding carboxylic acids is 2. The number of fused-ring (bicyclic) bond motifs is 2. The van der Waals surface area contributed by atoms with Gasteiger partial charge >= 0.3 is 0 Å². The van der Waals surface area contributed by atoms with Crippen molar-refractivity contribution in [3.8, 4) is 0 Å². The summed E-state index contributed by atoms with van der Waals surface area (Å²) < 4.78 is 0. The summed E-state index contributed by atoms with van der Waals surface area (Å²) in [5.41, 5.74) is 5.21. The first-order valence-corrected chi connectivity index (χ1v) is 7.32. The number of hydrazine groups is 1. The lowest BCUT2D eigenvalue weighted by Gasteiger charge is -2.47. The van der Waals surface area contributed by atoms with Gasteiger partial charge in [0.25, 0.3) is 5.91 Å². The fourth-order valence-electron chi connectivity index (χ4n) is 3.14. The minimum atomic E-state index is -0.192. The largest absolute Gasteiger partial charge is 0.318 e. The highest BCUT2D eigenvalue weighted by atomic mass is 16.2. The number of rotatable bonds is 1. The zero-order valence-corrected chi connectivity index (χ0v) is 11.9. The van der Waals surface area contributed by atoms with E-state index in [9.17, 15) is 9.59 Å². The third-order valence-corrected chi connectivity index (χ3v) is 4.12. The van der Waals surface area contributed by atoms with Crippen molar-refractivity contribution in [1.82, 2.24) is 10.4 Å². The van der Waals surface area contributed by atoms with Crippen molar-refractivity contribution in [2.75, 3.05) is 4.90 Å². The quantitative estimate of drug-likeness (QED) is 0.878. The van der Waals surface area contributed by atoms with Gasteiger partial charge in [-0.15, -0.1) is 0 Å². The van der Waals surface area contributed by atoms with Crippen LogP contribution in [0.2, 0.25) is 0 Å². The molecule has 0 aliphatic carbocycles. The number of hydrogen-bond acceptors (Lipinski definition) is 3. The van der Waals surface area contributed by atoms with Crippen LogP contribution in [-0.4, -0.2) is 23.0 Å². The van der Waals surface area contributed by atoms with Gasteiger partial charge in [-0.1, -0.05) is 30.3 Å². The maximum Gasteiger partial charge on any atom is 0.276 e. The number of carbonyl (C=O) groups is 2. The third-order valence-electron chi connectivity index (χ3n) is 4.12.